The van der Waals surface area contributed by atoms with Gasteiger partial charge in [-0.3, -0.25) is 4.99 Å². The second-order valence-corrected chi connectivity index (χ2v) is 7.52. The van der Waals surface area contributed by atoms with Gasteiger partial charge >= 0.3 is 0 Å². The number of hydrogen-bond acceptors (Lipinski definition) is 5. The quantitative estimate of drug-likeness (QED) is 0.594. The molecule has 0 radical (unpaired) electrons. The van der Waals surface area contributed by atoms with Gasteiger partial charge in [0.15, 0.2) is 5.96 Å². The summed E-state index contributed by atoms with van der Waals surface area (Å²) < 4.78 is 0. The van der Waals surface area contributed by atoms with Crippen molar-refractivity contribution in [1.82, 2.24) is 20.5 Å². The van der Waals surface area contributed by atoms with Crippen LogP contribution in [0.4, 0.5) is 0 Å². The standard InChI is InChI=1S/C16H25N5S2/c1-12-20-13(11-23-12)7-8-18-16(17-2)19-10-14(21(3)4)15-6-5-9-22-15/h5-6,9,11,14H,7-8,10H2,1-4H3,(H2,17,18,19). The lowest BCUT2D eigenvalue weighted by Crippen LogP contribution is -2.42. The first kappa shape index (κ1) is 17.9. The maximum atomic E-state index is 4.48. The molecule has 2 aromatic rings. The van der Waals surface area contributed by atoms with Gasteiger partial charge < -0.3 is 15.5 Å². The maximum Gasteiger partial charge on any atom is 0.191 e. The largest absolute Gasteiger partial charge is 0.356 e. The van der Waals surface area contributed by atoms with Gasteiger partial charge in [-0.25, -0.2) is 4.98 Å². The molecule has 0 spiro atoms. The minimum atomic E-state index is 0.342. The van der Waals surface area contributed by atoms with E-state index in [9.17, 15) is 0 Å². The lowest BCUT2D eigenvalue weighted by molar-refractivity contribution is 0.302. The van der Waals surface area contributed by atoms with E-state index in [1.165, 1.54) is 4.88 Å². The first-order valence-corrected chi connectivity index (χ1v) is 9.41. The van der Waals surface area contributed by atoms with Crippen LogP contribution >= 0.6 is 22.7 Å². The number of thiophene rings is 1. The Morgan fingerprint density at radius 3 is 2.74 bits per heavy atom. The molecule has 0 aliphatic heterocycles. The van der Waals surface area contributed by atoms with Gasteiger partial charge in [0.2, 0.25) is 0 Å². The summed E-state index contributed by atoms with van der Waals surface area (Å²) in [6, 6.07) is 4.62. The van der Waals surface area contributed by atoms with Gasteiger partial charge in [-0.15, -0.1) is 22.7 Å². The molecular formula is C16H25N5S2. The normalized spacial score (nSPS) is 13.3. The number of nitrogens with zero attached hydrogens (tertiary/aromatic N) is 3. The van der Waals surface area contributed by atoms with Gasteiger partial charge in [-0.2, -0.15) is 0 Å². The molecule has 2 N–H and O–H groups in total. The van der Waals surface area contributed by atoms with Crippen LogP contribution in [0.3, 0.4) is 0 Å². The van der Waals surface area contributed by atoms with Crippen molar-refractivity contribution < 1.29 is 0 Å². The summed E-state index contributed by atoms with van der Waals surface area (Å²) in [5.74, 6) is 0.834. The molecule has 0 saturated carbocycles. The number of thiazole rings is 1. The first-order valence-electron chi connectivity index (χ1n) is 7.65. The third kappa shape index (κ3) is 5.60. The molecule has 0 aliphatic rings. The minimum absolute atomic E-state index is 0.342. The summed E-state index contributed by atoms with van der Waals surface area (Å²) in [4.78, 5) is 12.4. The monoisotopic (exact) mass is 351 g/mol. The van der Waals surface area contributed by atoms with Gasteiger partial charge in [0.1, 0.15) is 0 Å². The van der Waals surface area contributed by atoms with Crippen molar-refractivity contribution in [2.24, 2.45) is 4.99 Å². The molecule has 126 valence electrons. The predicted molar refractivity (Wildman–Crippen MR) is 101 cm³/mol. The van der Waals surface area contributed by atoms with E-state index in [4.69, 9.17) is 0 Å². The summed E-state index contributed by atoms with van der Waals surface area (Å²) in [6.45, 7) is 3.69. The fourth-order valence-corrected chi connectivity index (χ4v) is 3.83. The summed E-state index contributed by atoms with van der Waals surface area (Å²) in [5, 5.41) is 12.1. The highest BCUT2D eigenvalue weighted by Gasteiger charge is 2.15. The van der Waals surface area contributed by atoms with Crippen molar-refractivity contribution >= 4 is 28.6 Å². The van der Waals surface area contributed by atoms with Crippen molar-refractivity contribution in [2.45, 2.75) is 19.4 Å². The summed E-state index contributed by atoms with van der Waals surface area (Å²) in [6.07, 6.45) is 0.910. The minimum Gasteiger partial charge on any atom is -0.356 e. The van der Waals surface area contributed by atoms with Crippen LogP contribution in [0.2, 0.25) is 0 Å². The predicted octanol–water partition coefficient (Wildman–Crippen LogP) is 2.52. The molecular weight excluding hydrogens is 326 g/mol. The third-order valence-electron chi connectivity index (χ3n) is 3.52. The second-order valence-electron chi connectivity index (χ2n) is 5.48. The zero-order valence-corrected chi connectivity index (χ0v) is 15.8. The number of likely N-dealkylation sites (N-methyl/N-ethyl adjacent to an activating group) is 1. The van der Waals surface area contributed by atoms with Crippen LogP contribution < -0.4 is 10.6 Å². The topological polar surface area (TPSA) is 52.6 Å². The number of aliphatic imine (C=N–C) groups is 1. The molecule has 0 aliphatic carbocycles. The molecule has 2 heterocycles. The highest BCUT2D eigenvalue weighted by Crippen LogP contribution is 2.22. The van der Waals surface area contributed by atoms with Crippen LogP contribution in [-0.4, -0.2) is 50.1 Å². The fourth-order valence-electron chi connectivity index (χ4n) is 2.26. The molecule has 5 nitrogen and oxygen atoms in total. The lowest BCUT2D eigenvalue weighted by atomic mass is 10.2. The van der Waals surface area contributed by atoms with Crippen LogP contribution in [0.5, 0.6) is 0 Å². The third-order valence-corrected chi connectivity index (χ3v) is 5.32. The van der Waals surface area contributed by atoms with Crippen molar-refractivity contribution in [3.05, 3.63) is 38.5 Å². The van der Waals surface area contributed by atoms with Crippen molar-refractivity contribution in [1.29, 1.82) is 0 Å². The molecule has 1 atom stereocenters. The summed E-state index contributed by atoms with van der Waals surface area (Å²) in [5.41, 5.74) is 1.14. The summed E-state index contributed by atoms with van der Waals surface area (Å²) in [7, 11) is 6.01. The number of rotatable bonds is 7. The van der Waals surface area contributed by atoms with E-state index < -0.39 is 0 Å². The average molecular weight is 352 g/mol. The zero-order chi connectivity index (χ0) is 16.7. The number of hydrogen-bond donors (Lipinski definition) is 2. The Kier molecular flexibility index (Phi) is 7.01. The molecule has 0 aromatic carbocycles. The molecule has 0 bridgehead atoms. The molecule has 2 aromatic heterocycles. The Bertz CT molecular complexity index is 604. The Hall–Kier alpha value is -1.44. The molecule has 7 heteroatoms. The first-order chi connectivity index (χ1) is 11.1. The van der Waals surface area contributed by atoms with Gasteiger partial charge in [0, 0.05) is 36.8 Å². The Morgan fingerprint density at radius 1 is 1.35 bits per heavy atom. The molecule has 23 heavy (non-hydrogen) atoms. The van der Waals surface area contributed by atoms with Crippen molar-refractivity contribution in [2.75, 3.05) is 34.2 Å². The van der Waals surface area contributed by atoms with E-state index in [0.717, 1.165) is 36.2 Å². The van der Waals surface area contributed by atoms with E-state index in [-0.39, 0.29) is 0 Å². The van der Waals surface area contributed by atoms with E-state index in [1.54, 1.807) is 29.7 Å². The van der Waals surface area contributed by atoms with E-state index in [1.807, 2.05) is 6.92 Å². The van der Waals surface area contributed by atoms with Gasteiger partial charge in [-0.05, 0) is 32.5 Å². The highest BCUT2D eigenvalue weighted by molar-refractivity contribution is 7.10. The Labute approximate surface area is 146 Å². The smallest absolute Gasteiger partial charge is 0.191 e. The maximum absolute atomic E-state index is 4.48. The fraction of sp³-hybridized carbons (Fsp3) is 0.500. The van der Waals surface area contributed by atoms with Gasteiger partial charge in [0.05, 0.1) is 16.7 Å². The molecule has 0 amide bonds. The van der Waals surface area contributed by atoms with E-state index >= 15 is 0 Å². The number of guanidine groups is 1. The van der Waals surface area contributed by atoms with Crippen LogP contribution in [0.25, 0.3) is 0 Å². The number of nitrogens with one attached hydrogen (secondary N) is 2. The zero-order valence-electron chi connectivity index (χ0n) is 14.2. The SMILES string of the molecule is CN=C(NCCc1csc(C)n1)NCC(c1cccs1)N(C)C. The van der Waals surface area contributed by atoms with Crippen molar-refractivity contribution in [3.63, 3.8) is 0 Å². The average Bonchev–Trinajstić information content (AvgIpc) is 3.17. The molecule has 0 saturated heterocycles. The van der Waals surface area contributed by atoms with Gasteiger partial charge in [-0.1, -0.05) is 6.07 Å². The van der Waals surface area contributed by atoms with Crippen LogP contribution in [-0.2, 0) is 6.42 Å². The number of aryl methyl sites for hydroxylation is 1. The summed E-state index contributed by atoms with van der Waals surface area (Å²) >= 11 is 3.48. The molecule has 2 rings (SSSR count). The van der Waals surface area contributed by atoms with Crippen LogP contribution in [0, 0.1) is 6.92 Å². The van der Waals surface area contributed by atoms with Crippen molar-refractivity contribution in [3.8, 4) is 0 Å². The Morgan fingerprint density at radius 2 is 2.17 bits per heavy atom. The van der Waals surface area contributed by atoms with E-state index in [2.05, 4.69) is 62.5 Å². The second kappa shape index (κ2) is 9.00. The number of aromatic nitrogens is 1. The highest BCUT2D eigenvalue weighted by atomic mass is 32.1. The van der Waals surface area contributed by atoms with E-state index in [0.29, 0.717) is 6.04 Å². The van der Waals surface area contributed by atoms with Crippen LogP contribution in [0.15, 0.2) is 27.9 Å². The molecule has 0 fully saturated rings. The van der Waals surface area contributed by atoms with Gasteiger partial charge in [0.25, 0.3) is 0 Å². The lowest BCUT2D eigenvalue weighted by Gasteiger charge is -2.24. The Balaban J connectivity index is 1.79. The molecule has 1 unspecified atom stereocenters. The van der Waals surface area contributed by atoms with Crippen LogP contribution in [0.1, 0.15) is 21.6 Å².